The van der Waals surface area contributed by atoms with Crippen LogP contribution in [0.1, 0.15) is 5.76 Å². The van der Waals surface area contributed by atoms with Crippen molar-refractivity contribution < 1.29 is 13.9 Å². The Morgan fingerprint density at radius 1 is 1.21 bits per heavy atom. The largest absolute Gasteiger partial charge is 0.467 e. The van der Waals surface area contributed by atoms with Crippen LogP contribution >= 0.6 is 0 Å². The van der Waals surface area contributed by atoms with Gasteiger partial charge < -0.3 is 19.7 Å². The zero-order chi connectivity index (χ0) is 19.5. The van der Waals surface area contributed by atoms with Gasteiger partial charge in [0.1, 0.15) is 17.4 Å². The van der Waals surface area contributed by atoms with Crippen molar-refractivity contribution in [3.8, 4) is 5.69 Å². The average Bonchev–Trinajstić information content (AvgIpc) is 3.36. The van der Waals surface area contributed by atoms with Crippen molar-refractivity contribution in [2.75, 3.05) is 30.4 Å². The fraction of sp³-hybridized carbons (Fsp3) is 0.211. The topological polar surface area (TPSA) is 92.2 Å². The highest BCUT2D eigenvalue weighted by atomic mass is 19.1. The Kier molecular flexibility index (Phi) is 4.90. The van der Waals surface area contributed by atoms with Crippen LogP contribution in [0.3, 0.4) is 0 Å². The predicted molar refractivity (Wildman–Crippen MR) is 103 cm³/mol. The summed E-state index contributed by atoms with van der Waals surface area (Å²) in [5, 5.41) is 17.6. The first-order valence-corrected chi connectivity index (χ1v) is 8.75. The van der Waals surface area contributed by atoms with Crippen LogP contribution in [0, 0.1) is 5.82 Å². The van der Waals surface area contributed by atoms with Gasteiger partial charge in [-0.3, -0.25) is 0 Å². The number of hydrogen-bond donors (Lipinski definition) is 2. The number of halogens is 1. The number of benzene rings is 1. The van der Waals surface area contributed by atoms with Gasteiger partial charge in [0, 0.05) is 13.6 Å². The van der Waals surface area contributed by atoms with Gasteiger partial charge in [0.25, 0.3) is 0 Å². The van der Waals surface area contributed by atoms with Crippen LogP contribution in [0.4, 0.5) is 16.2 Å². The highest BCUT2D eigenvalue weighted by molar-refractivity contribution is 5.88. The molecular weight excluding hydrogens is 363 g/mol. The second kappa shape index (κ2) is 7.65. The van der Waals surface area contributed by atoms with Gasteiger partial charge in [0.05, 0.1) is 36.7 Å². The van der Waals surface area contributed by atoms with Crippen molar-refractivity contribution >= 4 is 22.8 Å². The number of aliphatic hydroxyl groups excluding tert-OH is 1. The minimum Gasteiger partial charge on any atom is -0.467 e. The van der Waals surface area contributed by atoms with Crippen LogP contribution in [0.25, 0.3) is 16.7 Å². The number of hydrogen-bond acceptors (Lipinski definition) is 7. The molecule has 0 aliphatic rings. The zero-order valence-electron chi connectivity index (χ0n) is 15.2. The summed E-state index contributed by atoms with van der Waals surface area (Å²) in [5.41, 5.74) is 1.26. The van der Waals surface area contributed by atoms with Gasteiger partial charge in [-0.25, -0.2) is 9.07 Å². The van der Waals surface area contributed by atoms with E-state index >= 15 is 0 Å². The molecule has 0 fully saturated rings. The van der Waals surface area contributed by atoms with Gasteiger partial charge in [-0.2, -0.15) is 15.1 Å². The third kappa shape index (κ3) is 3.52. The van der Waals surface area contributed by atoms with E-state index in [0.29, 0.717) is 36.2 Å². The standard InChI is InChI=1S/C19H19FN6O2/c1-25(8-9-27)19-23-17(21-11-15-3-2-10-28-15)16-12-22-26(18(16)24-19)14-6-4-13(20)5-7-14/h2-7,10,12,27H,8-9,11H2,1H3,(H,21,23,24). The van der Waals surface area contributed by atoms with Crippen molar-refractivity contribution in [3.05, 3.63) is 60.4 Å². The van der Waals surface area contributed by atoms with Crippen molar-refractivity contribution in [2.45, 2.75) is 6.54 Å². The maximum atomic E-state index is 13.3. The minimum atomic E-state index is -0.320. The van der Waals surface area contributed by atoms with E-state index in [1.54, 1.807) is 41.2 Å². The third-order valence-electron chi connectivity index (χ3n) is 4.27. The van der Waals surface area contributed by atoms with Gasteiger partial charge in [-0.1, -0.05) is 0 Å². The number of aliphatic hydroxyl groups is 1. The fourth-order valence-corrected chi connectivity index (χ4v) is 2.81. The number of rotatable bonds is 7. The summed E-state index contributed by atoms with van der Waals surface area (Å²) in [6.07, 6.45) is 3.28. The molecule has 4 aromatic rings. The number of furan rings is 1. The summed E-state index contributed by atoms with van der Waals surface area (Å²) in [6.45, 7) is 0.808. The van der Waals surface area contributed by atoms with Crippen LogP contribution in [0.2, 0.25) is 0 Å². The summed E-state index contributed by atoms with van der Waals surface area (Å²) in [6, 6.07) is 9.71. The molecule has 0 amide bonds. The normalized spacial score (nSPS) is 11.1. The Morgan fingerprint density at radius 2 is 2.04 bits per heavy atom. The van der Waals surface area contributed by atoms with Crippen LogP contribution in [0.15, 0.2) is 53.3 Å². The van der Waals surface area contributed by atoms with Gasteiger partial charge in [0.2, 0.25) is 5.95 Å². The molecular formula is C19H19FN6O2. The molecule has 2 N–H and O–H groups in total. The molecule has 0 radical (unpaired) electrons. The van der Waals surface area contributed by atoms with E-state index in [9.17, 15) is 9.50 Å². The van der Waals surface area contributed by atoms with E-state index in [4.69, 9.17) is 4.42 Å². The smallest absolute Gasteiger partial charge is 0.229 e. The van der Waals surface area contributed by atoms with E-state index in [0.717, 1.165) is 11.1 Å². The third-order valence-corrected chi connectivity index (χ3v) is 4.27. The quantitative estimate of drug-likeness (QED) is 0.507. The Bertz CT molecular complexity index is 1060. The highest BCUT2D eigenvalue weighted by Gasteiger charge is 2.16. The summed E-state index contributed by atoms with van der Waals surface area (Å²) in [4.78, 5) is 10.9. The maximum Gasteiger partial charge on any atom is 0.229 e. The van der Waals surface area contributed by atoms with Gasteiger partial charge in [0.15, 0.2) is 5.65 Å². The number of likely N-dealkylation sites (N-methyl/N-ethyl adjacent to an activating group) is 1. The number of aromatic nitrogens is 4. The molecule has 144 valence electrons. The first-order valence-electron chi connectivity index (χ1n) is 8.75. The van der Waals surface area contributed by atoms with Crippen molar-refractivity contribution in [2.24, 2.45) is 0 Å². The SMILES string of the molecule is CN(CCO)c1nc(NCc2ccco2)c2cnn(-c3ccc(F)cc3)c2n1. The zero-order valence-corrected chi connectivity index (χ0v) is 15.2. The number of anilines is 2. The van der Waals surface area contributed by atoms with Crippen molar-refractivity contribution in [1.82, 2.24) is 19.7 Å². The van der Waals surface area contributed by atoms with E-state index in [1.807, 2.05) is 12.1 Å². The van der Waals surface area contributed by atoms with E-state index < -0.39 is 0 Å². The molecule has 0 aliphatic heterocycles. The minimum absolute atomic E-state index is 0.0235. The Balaban J connectivity index is 1.78. The molecule has 0 atom stereocenters. The Morgan fingerprint density at radius 3 is 2.75 bits per heavy atom. The summed E-state index contributed by atoms with van der Waals surface area (Å²) in [5.74, 6) is 1.48. The lowest BCUT2D eigenvalue weighted by atomic mass is 10.3. The lowest BCUT2D eigenvalue weighted by Gasteiger charge is -2.17. The number of fused-ring (bicyclic) bond motifs is 1. The van der Waals surface area contributed by atoms with Crippen LogP contribution in [0.5, 0.6) is 0 Å². The van der Waals surface area contributed by atoms with Gasteiger partial charge in [-0.15, -0.1) is 0 Å². The molecule has 0 spiro atoms. The predicted octanol–water partition coefficient (Wildman–Crippen LogP) is 2.59. The molecule has 9 heteroatoms. The van der Waals surface area contributed by atoms with E-state index in [2.05, 4.69) is 20.4 Å². The monoisotopic (exact) mass is 382 g/mol. The van der Waals surface area contributed by atoms with Gasteiger partial charge >= 0.3 is 0 Å². The van der Waals surface area contributed by atoms with Gasteiger partial charge in [-0.05, 0) is 36.4 Å². The second-order valence-corrected chi connectivity index (χ2v) is 6.22. The van der Waals surface area contributed by atoms with E-state index in [1.165, 1.54) is 12.1 Å². The first kappa shape index (κ1) is 17.9. The Hall–Kier alpha value is -3.46. The molecule has 1 aromatic carbocycles. The summed E-state index contributed by atoms with van der Waals surface area (Å²) in [7, 11) is 1.80. The lowest BCUT2D eigenvalue weighted by Crippen LogP contribution is -2.24. The van der Waals surface area contributed by atoms with Crippen LogP contribution in [-0.2, 0) is 6.54 Å². The summed E-state index contributed by atoms with van der Waals surface area (Å²) >= 11 is 0. The van der Waals surface area contributed by atoms with Crippen LogP contribution < -0.4 is 10.2 Å². The molecule has 0 saturated carbocycles. The molecule has 0 bridgehead atoms. The Labute approximate surface area is 160 Å². The molecule has 4 rings (SSSR count). The molecule has 8 nitrogen and oxygen atoms in total. The molecule has 0 unspecified atom stereocenters. The van der Waals surface area contributed by atoms with Crippen LogP contribution in [-0.4, -0.2) is 45.1 Å². The fourth-order valence-electron chi connectivity index (χ4n) is 2.81. The summed E-state index contributed by atoms with van der Waals surface area (Å²) < 4.78 is 20.3. The van der Waals surface area contributed by atoms with Crippen molar-refractivity contribution in [1.29, 1.82) is 0 Å². The first-order chi connectivity index (χ1) is 13.7. The molecule has 0 saturated heterocycles. The molecule has 28 heavy (non-hydrogen) atoms. The average molecular weight is 382 g/mol. The second-order valence-electron chi connectivity index (χ2n) is 6.22. The molecule has 3 heterocycles. The highest BCUT2D eigenvalue weighted by Crippen LogP contribution is 2.26. The molecule has 0 aliphatic carbocycles. The van der Waals surface area contributed by atoms with Crippen molar-refractivity contribution in [3.63, 3.8) is 0 Å². The number of nitrogens with one attached hydrogen (secondary N) is 1. The lowest BCUT2D eigenvalue weighted by molar-refractivity contribution is 0.303. The number of nitrogens with zero attached hydrogens (tertiary/aromatic N) is 5. The maximum absolute atomic E-state index is 13.3. The molecule has 3 aromatic heterocycles. The van der Waals surface area contributed by atoms with E-state index in [-0.39, 0.29) is 12.4 Å².